The number of phenolic OH excluding ortho intramolecular Hbond substituents is 1. The number of benzene rings is 2. The SMILES string of the molecule is Cn1ccnc1COc1nc(N2CC3CCC(C2)N3)c2cnc(-c3cc(O)cc4ccccc34)c(F)c2n1. The Balaban J connectivity index is 1.38. The number of halogens is 1. The van der Waals surface area contributed by atoms with Crippen molar-refractivity contribution < 1.29 is 14.2 Å². The predicted molar refractivity (Wildman–Crippen MR) is 142 cm³/mol. The van der Waals surface area contributed by atoms with Crippen LogP contribution in [0, 0.1) is 5.82 Å². The van der Waals surface area contributed by atoms with Gasteiger partial charge in [-0.2, -0.15) is 9.97 Å². The highest BCUT2D eigenvalue weighted by Gasteiger charge is 2.34. The predicted octanol–water partition coefficient (Wildman–Crippen LogP) is 3.94. The van der Waals surface area contributed by atoms with E-state index in [2.05, 4.69) is 25.2 Å². The van der Waals surface area contributed by atoms with E-state index in [1.54, 1.807) is 18.5 Å². The number of fused-ring (bicyclic) bond motifs is 4. The minimum absolute atomic E-state index is 0.0405. The first-order chi connectivity index (χ1) is 18.5. The number of nitrogens with zero attached hydrogens (tertiary/aromatic N) is 6. The van der Waals surface area contributed by atoms with Crippen LogP contribution >= 0.6 is 0 Å². The van der Waals surface area contributed by atoms with Crippen molar-refractivity contribution in [3.05, 3.63) is 66.6 Å². The van der Waals surface area contributed by atoms with Gasteiger partial charge in [0.05, 0.1) is 5.39 Å². The van der Waals surface area contributed by atoms with Gasteiger partial charge in [-0.25, -0.2) is 9.37 Å². The smallest absolute Gasteiger partial charge is 0.319 e. The largest absolute Gasteiger partial charge is 0.508 e. The molecule has 0 saturated carbocycles. The molecular formula is C28H26FN7O2. The van der Waals surface area contributed by atoms with Gasteiger partial charge in [0.25, 0.3) is 0 Å². The molecule has 5 heterocycles. The highest BCUT2D eigenvalue weighted by Crippen LogP contribution is 2.37. The number of nitrogens with one attached hydrogen (secondary N) is 1. The van der Waals surface area contributed by atoms with Gasteiger partial charge in [-0.05, 0) is 35.7 Å². The number of piperazine rings is 1. The number of imidazole rings is 1. The van der Waals surface area contributed by atoms with Gasteiger partial charge >= 0.3 is 6.01 Å². The van der Waals surface area contributed by atoms with Crippen molar-refractivity contribution in [2.45, 2.75) is 31.5 Å². The summed E-state index contributed by atoms with van der Waals surface area (Å²) in [7, 11) is 1.88. The van der Waals surface area contributed by atoms with Gasteiger partial charge in [-0.1, -0.05) is 24.3 Å². The molecule has 5 aromatic rings. The number of aromatic nitrogens is 5. The molecule has 2 aliphatic rings. The van der Waals surface area contributed by atoms with E-state index in [9.17, 15) is 5.11 Å². The zero-order chi connectivity index (χ0) is 25.8. The van der Waals surface area contributed by atoms with Crippen molar-refractivity contribution in [1.29, 1.82) is 0 Å². The molecule has 192 valence electrons. The molecule has 2 fully saturated rings. The number of rotatable bonds is 5. The summed E-state index contributed by atoms with van der Waals surface area (Å²) in [6.07, 6.45) is 7.37. The van der Waals surface area contributed by atoms with E-state index < -0.39 is 5.82 Å². The van der Waals surface area contributed by atoms with Crippen molar-refractivity contribution in [1.82, 2.24) is 29.8 Å². The molecule has 0 amide bonds. The van der Waals surface area contributed by atoms with Crippen molar-refractivity contribution in [2.24, 2.45) is 7.05 Å². The third-order valence-corrected chi connectivity index (χ3v) is 7.51. The molecule has 2 saturated heterocycles. The second kappa shape index (κ2) is 8.91. The number of pyridine rings is 1. The molecule has 2 aliphatic heterocycles. The maximum atomic E-state index is 16.3. The summed E-state index contributed by atoms with van der Waals surface area (Å²) >= 11 is 0. The van der Waals surface area contributed by atoms with Gasteiger partial charge in [0.2, 0.25) is 0 Å². The first kappa shape index (κ1) is 22.9. The van der Waals surface area contributed by atoms with E-state index >= 15 is 4.39 Å². The van der Waals surface area contributed by atoms with Crippen LogP contribution in [-0.2, 0) is 13.7 Å². The van der Waals surface area contributed by atoms with Crippen LogP contribution in [0.25, 0.3) is 32.9 Å². The van der Waals surface area contributed by atoms with E-state index in [-0.39, 0.29) is 29.6 Å². The number of aryl methyl sites for hydroxylation is 1. The number of anilines is 1. The van der Waals surface area contributed by atoms with Crippen molar-refractivity contribution in [3.8, 4) is 23.0 Å². The topological polar surface area (TPSA) is 101 Å². The molecule has 2 unspecified atom stereocenters. The second-order valence-corrected chi connectivity index (χ2v) is 10.0. The van der Waals surface area contributed by atoms with Crippen LogP contribution in [0.3, 0.4) is 0 Å². The third-order valence-electron chi connectivity index (χ3n) is 7.51. The Kier molecular flexibility index (Phi) is 5.36. The van der Waals surface area contributed by atoms with E-state index in [1.807, 2.05) is 42.1 Å². The van der Waals surface area contributed by atoms with Gasteiger partial charge in [-0.15, -0.1) is 0 Å². The van der Waals surface area contributed by atoms with Crippen LogP contribution in [0.4, 0.5) is 10.2 Å². The van der Waals surface area contributed by atoms with Crippen molar-refractivity contribution >= 4 is 27.5 Å². The lowest BCUT2D eigenvalue weighted by atomic mass is 10.0. The molecule has 7 rings (SSSR count). The van der Waals surface area contributed by atoms with Gasteiger partial charge in [0, 0.05) is 56.4 Å². The fraction of sp³-hybridized carbons (Fsp3) is 0.286. The summed E-state index contributed by atoms with van der Waals surface area (Å²) in [5, 5.41) is 16.1. The van der Waals surface area contributed by atoms with Crippen LogP contribution < -0.4 is 15.0 Å². The zero-order valence-corrected chi connectivity index (χ0v) is 20.8. The van der Waals surface area contributed by atoms with Gasteiger partial charge in [-0.3, -0.25) is 4.98 Å². The minimum atomic E-state index is -0.582. The van der Waals surface area contributed by atoms with Crippen molar-refractivity contribution in [3.63, 3.8) is 0 Å². The summed E-state index contributed by atoms with van der Waals surface area (Å²) < 4.78 is 24.2. The Hall–Kier alpha value is -4.31. The molecule has 10 heteroatoms. The van der Waals surface area contributed by atoms with Crippen LogP contribution in [0.1, 0.15) is 18.7 Å². The fourth-order valence-electron chi connectivity index (χ4n) is 5.64. The molecule has 9 nitrogen and oxygen atoms in total. The Morgan fingerprint density at radius 3 is 2.68 bits per heavy atom. The van der Waals surface area contributed by atoms with Crippen LogP contribution in [0.5, 0.6) is 11.8 Å². The Morgan fingerprint density at radius 1 is 1.08 bits per heavy atom. The number of phenols is 1. The van der Waals surface area contributed by atoms with Crippen LogP contribution in [0.2, 0.25) is 0 Å². The first-order valence-corrected chi connectivity index (χ1v) is 12.7. The average Bonchev–Trinajstić information content (AvgIpc) is 3.50. The monoisotopic (exact) mass is 511 g/mol. The molecule has 2 atom stereocenters. The molecule has 0 aliphatic carbocycles. The second-order valence-electron chi connectivity index (χ2n) is 10.0. The lowest BCUT2D eigenvalue weighted by Crippen LogP contribution is -2.51. The quantitative estimate of drug-likeness (QED) is 0.366. The molecule has 0 radical (unpaired) electrons. The maximum absolute atomic E-state index is 16.3. The summed E-state index contributed by atoms with van der Waals surface area (Å²) in [5.41, 5.74) is 0.744. The molecule has 2 N–H and O–H groups in total. The molecular weight excluding hydrogens is 485 g/mol. The summed E-state index contributed by atoms with van der Waals surface area (Å²) in [6.45, 7) is 1.68. The number of aromatic hydroxyl groups is 1. The number of hydrogen-bond acceptors (Lipinski definition) is 8. The van der Waals surface area contributed by atoms with Crippen molar-refractivity contribution in [2.75, 3.05) is 18.0 Å². The lowest BCUT2D eigenvalue weighted by Gasteiger charge is -2.34. The third kappa shape index (κ3) is 3.88. The Labute approximate surface area is 217 Å². The molecule has 2 bridgehead atoms. The molecule has 2 aromatic carbocycles. The van der Waals surface area contributed by atoms with E-state index in [0.717, 1.165) is 36.7 Å². The van der Waals surface area contributed by atoms with E-state index in [0.29, 0.717) is 34.7 Å². The van der Waals surface area contributed by atoms with Gasteiger partial charge in [0.15, 0.2) is 5.82 Å². The minimum Gasteiger partial charge on any atom is -0.508 e. The number of hydrogen-bond donors (Lipinski definition) is 2. The highest BCUT2D eigenvalue weighted by atomic mass is 19.1. The maximum Gasteiger partial charge on any atom is 0.319 e. The summed E-state index contributed by atoms with van der Waals surface area (Å²) in [5.74, 6) is 0.778. The van der Waals surface area contributed by atoms with Gasteiger partial charge < -0.3 is 24.6 Å². The Morgan fingerprint density at radius 2 is 1.89 bits per heavy atom. The lowest BCUT2D eigenvalue weighted by molar-refractivity contribution is 0.269. The normalized spacial score (nSPS) is 18.9. The molecule has 0 spiro atoms. The number of ether oxygens (including phenoxy) is 1. The fourth-order valence-corrected chi connectivity index (χ4v) is 5.64. The average molecular weight is 512 g/mol. The Bertz CT molecular complexity index is 1680. The highest BCUT2D eigenvalue weighted by molar-refractivity contribution is 5.99. The van der Waals surface area contributed by atoms with E-state index in [4.69, 9.17) is 9.72 Å². The van der Waals surface area contributed by atoms with Crippen LogP contribution in [0.15, 0.2) is 55.0 Å². The zero-order valence-electron chi connectivity index (χ0n) is 20.8. The van der Waals surface area contributed by atoms with Crippen LogP contribution in [-0.4, -0.2) is 54.8 Å². The first-order valence-electron chi connectivity index (χ1n) is 12.7. The molecule has 38 heavy (non-hydrogen) atoms. The standard InChI is InChI=1S/C28H26FN7O2/c1-35-9-8-30-23(35)15-38-28-33-26-22(27(34-28)36-13-17-6-7-18(14-36)32-17)12-31-25(24(26)29)21-11-19(37)10-16-4-2-3-5-20(16)21/h2-5,8-12,17-18,32,37H,6-7,13-15H2,1H3. The van der Waals surface area contributed by atoms with Gasteiger partial charge in [0.1, 0.15) is 35.2 Å². The summed E-state index contributed by atoms with van der Waals surface area (Å²) in [4.78, 5) is 20.3. The summed E-state index contributed by atoms with van der Waals surface area (Å²) in [6, 6.07) is 11.5. The molecule has 3 aromatic heterocycles. The van der Waals surface area contributed by atoms with E-state index in [1.165, 1.54) is 6.07 Å².